The van der Waals surface area contributed by atoms with Gasteiger partial charge in [0.05, 0.1) is 5.69 Å². The van der Waals surface area contributed by atoms with Crippen LogP contribution in [0.4, 0.5) is 5.69 Å². The second kappa shape index (κ2) is 6.12. The predicted molar refractivity (Wildman–Crippen MR) is 68.1 cm³/mol. The van der Waals surface area contributed by atoms with Crippen LogP contribution in [-0.2, 0) is 19.6 Å². The Bertz CT molecular complexity index is 622. The molecular formula is C11H12N2O5S. The summed E-state index contributed by atoms with van der Waals surface area (Å²) in [6, 6.07) is 5.78. The quantitative estimate of drug-likeness (QED) is 0.667. The molecule has 8 heteroatoms. The highest BCUT2D eigenvalue weighted by Gasteiger charge is 2.16. The lowest BCUT2D eigenvalue weighted by molar-refractivity contribution is -0.131. The summed E-state index contributed by atoms with van der Waals surface area (Å²) in [4.78, 5) is 21.6. The van der Waals surface area contributed by atoms with Crippen molar-refractivity contribution in [1.82, 2.24) is 4.72 Å². The van der Waals surface area contributed by atoms with E-state index in [2.05, 4.69) is 10.0 Å². The number of hydrogen-bond acceptors (Lipinski definition) is 4. The van der Waals surface area contributed by atoms with E-state index >= 15 is 0 Å². The summed E-state index contributed by atoms with van der Waals surface area (Å²) in [5.74, 6) is -2.01. The predicted octanol–water partition coefficient (Wildman–Crippen LogP) is 0.174. The Hall–Kier alpha value is -2.19. The van der Waals surface area contributed by atoms with E-state index in [9.17, 15) is 18.0 Å². The van der Waals surface area contributed by atoms with E-state index in [1.165, 1.54) is 25.2 Å². The van der Waals surface area contributed by atoms with Gasteiger partial charge < -0.3 is 10.4 Å². The molecular weight excluding hydrogens is 272 g/mol. The van der Waals surface area contributed by atoms with Crippen molar-refractivity contribution < 1.29 is 23.1 Å². The largest absolute Gasteiger partial charge is 0.478 e. The Kier molecular flexibility index (Phi) is 4.79. The Morgan fingerprint density at radius 2 is 1.84 bits per heavy atom. The van der Waals surface area contributed by atoms with Crippen molar-refractivity contribution >= 4 is 27.6 Å². The summed E-state index contributed by atoms with van der Waals surface area (Å²) >= 11 is 0. The zero-order valence-corrected chi connectivity index (χ0v) is 10.8. The highest BCUT2D eigenvalue weighted by molar-refractivity contribution is 7.89. The van der Waals surface area contributed by atoms with Gasteiger partial charge in [-0.3, -0.25) is 4.79 Å². The Balaban J connectivity index is 3.03. The molecule has 0 unspecified atom stereocenters. The zero-order valence-electron chi connectivity index (χ0n) is 9.95. The molecule has 3 N–H and O–H groups in total. The van der Waals surface area contributed by atoms with E-state index in [-0.39, 0.29) is 10.6 Å². The number of para-hydroxylation sites is 1. The van der Waals surface area contributed by atoms with Gasteiger partial charge in [-0.25, -0.2) is 17.9 Å². The van der Waals surface area contributed by atoms with Crippen LogP contribution in [0.3, 0.4) is 0 Å². The van der Waals surface area contributed by atoms with E-state index < -0.39 is 21.9 Å². The molecule has 1 aromatic rings. The molecule has 0 aromatic heterocycles. The van der Waals surface area contributed by atoms with Crippen molar-refractivity contribution in [1.29, 1.82) is 0 Å². The summed E-state index contributed by atoms with van der Waals surface area (Å²) in [5.41, 5.74) is 0.0666. The first-order valence-corrected chi connectivity index (χ1v) is 6.59. The summed E-state index contributed by atoms with van der Waals surface area (Å²) in [5, 5.41) is 10.7. The van der Waals surface area contributed by atoms with Gasteiger partial charge in [-0.05, 0) is 19.2 Å². The first-order valence-electron chi connectivity index (χ1n) is 5.11. The number of benzene rings is 1. The number of amides is 1. The van der Waals surface area contributed by atoms with Crippen LogP contribution in [0.2, 0.25) is 0 Å². The zero-order chi connectivity index (χ0) is 14.5. The molecule has 19 heavy (non-hydrogen) atoms. The van der Waals surface area contributed by atoms with Gasteiger partial charge in [-0.15, -0.1) is 0 Å². The molecule has 0 saturated carbocycles. The fourth-order valence-corrected chi connectivity index (χ4v) is 2.12. The fraction of sp³-hybridized carbons (Fsp3) is 0.0909. The van der Waals surface area contributed by atoms with E-state index in [1.807, 2.05) is 0 Å². The molecule has 1 amide bonds. The molecule has 0 heterocycles. The van der Waals surface area contributed by atoms with Crippen molar-refractivity contribution in [3.8, 4) is 0 Å². The normalized spacial score (nSPS) is 11.4. The van der Waals surface area contributed by atoms with E-state index in [0.29, 0.717) is 6.08 Å². The third kappa shape index (κ3) is 4.19. The lowest BCUT2D eigenvalue weighted by Crippen LogP contribution is -2.21. The molecule has 0 aliphatic carbocycles. The topological polar surface area (TPSA) is 113 Å². The van der Waals surface area contributed by atoms with Gasteiger partial charge in [-0.2, -0.15) is 0 Å². The average Bonchev–Trinajstić information content (AvgIpc) is 2.37. The molecule has 0 atom stereocenters. The van der Waals surface area contributed by atoms with Crippen LogP contribution in [0.5, 0.6) is 0 Å². The highest BCUT2D eigenvalue weighted by Crippen LogP contribution is 2.20. The number of carboxylic acid groups (broad SMARTS) is 1. The van der Waals surface area contributed by atoms with E-state index in [0.717, 1.165) is 6.08 Å². The fourth-order valence-electron chi connectivity index (χ4n) is 1.24. The molecule has 7 nitrogen and oxygen atoms in total. The maximum Gasteiger partial charge on any atom is 0.328 e. The SMILES string of the molecule is CNS(=O)(=O)c1ccccc1NC(=O)/C=C/C(=O)O. The number of carboxylic acids is 1. The standard InChI is InChI=1S/C11H12N2O5S/c1-12-19(17,18)9-5-3-2-4-8(9)13-10(14)6-7-11(15)16/h2-7,12H,1H3,(H,13,14)(H,15,16)/b7-6+. The lowest BCUT2D eigenvalue weighted by atomic mass is 10.3. The van der Waals surface area contributed by atoms with Crippen LogP contribution < -0.4 is 10.0 Å². The van der Waals surface area contributed by atoms with Crippen molar-refractivity contribution in [2.75, 3.05) is 12.4 Å². The molecule has 0 bridgehead atoms. The Morgan fingerprint density at radius 1 is 1.21 bits per heavy atom. The van der Waals surface area contributed by atoms with Crippen LogP contribution in [0.1, 0.15) is 0 Å². The number of rotatable bonds is 5. The summed E-state index contributed by atoms with van der Waals surface area (Å²) in [6.45, 7) is 0. The van der Waals surface area contributed by atoms with Gasteiger partial charge in [0.25, 0.3) is 0 Å². The first kappa shape index (κ1) is 14.9. The molecule has 0 fully saturated rings. The highest BCUT2D eigenvalue weighted by atomic mass is 32.2. The third-order valence-corrected chi connectivity index (χ3v) is 3.55. The van der Waals surface area contributed by atoms with Crippen molar-refractivity contribution in [3.63, 3.8) is 0 Å². The number of aliphatic carboxylic acids is 1. The maximum atomic E-state index is 11.7. The minimum absolute atomic E-state index is 0.0666. The van der Waals surface area contributed by atoms with Crippen LogP contribution >= 0.6 is 0 Å². The molecule has 1 aromatic carbocycles. The van der Waals surface area contributed by atoms with Crippen LogP contribution in [0.15, 0.2) is 41.3 Å². The molecule has 0 aliphatic heterocycles. The van der Waals surface area contributed by atoms with Crippen molar-refractivity contribution in [2.45, 2.75) is 4.90 Å². The van der Waals surface area contributed by atoms with Crippen LogP contribution in [0.25, 0.3) is 0 Å². The number of carbonyl (C=O) groups excluding carboxylic acids is 1. The van der Waals surface area contributed by atoms with Crippen molar-refractivity contribution in [2.24, 2.45) is 0 Å². The average molecular weight is 284 g/mol. The number of hydrogen-bond donors (Lipinski definition) is 3. The van der Waals surface area contributed by atoms with Crippen LogP contribution in [0, 0.1) is 0 Å². The van der Waals surface area contributed by atoms with Gasteiger partial charge in [0.15, 0.2) is 0 Å². The molecule has 0 saturated heterocycles. The van der Waals surface area contributed by atoms with Gasteiger partial charge in [0, 0.05) is 12.2 Å². The van der Waals surface area contributed by atoms with Gasteiger partial charge >= 0.3 is 5.97 Å². The maximum absolute atomic E-state index is 11.7. The van der Waals surface area contributed by atoms with Crippen LogP contribution in [-0.4, -0.2) is 32.4 Å². The minimum atomic E-state index is -3.71. The number of sulfonamides is 1. The lowest BCUT2D eigenvalue weighted by Gasteiger charge is -2.09. The van der Waals surface area contributed by atoms with Gasteiger partial charge in [0.1, 0.15) is 4.90 Å². The van der Waals surface area contributed by atoms with Gasteiger partial charge in [-0.1, -0.05) is 12.1 Å². The monoisotopic (exact) mass is 284 g/mol. The second-order valence-electron chi connectivity index (χ2n) is 3.36. The summed E-state index contributed by atoms with van der Waals surface area (Å²) in [6.07, 6.45) is 1.45. The smallest absolute Gasteiger partial charge is 0.328 e. The van der Waals surface area contributed by atoms with Crippen molar-refractivity contribution in [3.05, 3.63) is 36.4 Å². The third-order valence-electron chi connectivity index (χ3n) is 2.08. The number of carbonyl (C=O) groups is 2. The first-order chi connectivity index (χ1) is 8.86. The Morgan fingerprint density at radius 3 is 2.42 bits per heavy atom. The van der Waals surface area contributed by atoms with E-state index in [1.54, 1.807) is 6.07 Å². The molecule has 0 radical (unpaired) electrons. The molecule has 102 valence electrons. The molecule has 0 aliphatic rings. The van der Waals surface area contributed by atoms with E-state index in [4.69, 9.17) is 5.11 Å². The van der Waals surface area contributed by atoms with Gasteiger partial charge in [0.2, 0.25) is 15.9 Å². The number of anilines is 1. The summed E-state index contributed by atoms with van der Waals surface area (Å²) in [7, 11) is -2.46. The second-order valence-corrected chi connectivity index (χ2v) is 5.22. The minimum Gasteiger partial charge on any atom is -0.478 e. The number of nitrogens with one attached hydrogen (secondary N) is 2. The molecule has 1 rings (SSSR count). The summed E-state index contributed by atoms with van der Waals surface area (Å²) < 4.78 is 25.5. The Labute approximate surface area is 110 Å². The molecule has 0 spiro atoms.